The Morgan fingerprint density at radius 2 is 2.21 bits per heavy atom. The second-order valence-corrected chi connectivity index (χ2v) is 4.35. The lowest BCUT2D eigenvalue weighted by Gasteiger charge is -2.16. The van der Waals surface area contributed by atoms with Gasteiger partial charge in [0.25, 0.3) is 0 Å². The molecule has 0 saturated carbocycles. The zero-order valence-electron chi connectivity index (χ0n) is 11.4. The topological polar surface area (TPSA) is 32.7 Å². The third-order valence-electron chi connectivity index (χ3n) is 2.69. The van der Waals surface area contributed by atoms with E-state index in [0.717, 1.165) is 13.0 Å². The first-order valence-corrected chi connectivity index (χ1v) is 6.23. The third-order valence-corrected chi connectivity index (χ3v) is 2.69. The molecule has 1 aromatic carbocycles. The van der Waals surface area contributed by atoms with Crippen molar-refractivity contribution in [2.45, 2.75) is 13.0 Å². The van der Waals surface area contributed by atoms with Crippen LogP contribution in [0.3, 0.4) is 0 Å². The highest BCUT2D eigenvalue weighted by atomic mass is 19.1. The SMILES string of the molecule is COCCCN(C)Cc1ccc(C#CCO)cc1F. The van der Waals surface area contributed by atoms with E-state index in [2.05, 4.69) is 16.7 Å². The molecule has 0 aliphatic carbocycles. The maximum atomic E-state index is 13.8. The number of rotatable bonds is 6. The summed E-state index contributed by atoms with van der Waals surface area (Å²) in [4.78, 5) is 2.05. The lowest BCUT2D eigenvalue weighted by Crippen LogP contribution is -2.20. The van der Waals surface area contributed by atoms with Crippen LogP contribution < -0.4 is 0 Å². The Morgan fingerprint density at radius 1 is 1.42 bits per heavy atom. The Hall–Kier alpha value is -1.41. The molecule has 0 amide bonds. The summed E-state index contributed by atoms with van der Waals surface area (Å²) in [6.07, 6.45) is 0.925. The molecular formula is C15H20FNO2. The number of nitrogens with zero attached hydrogens (tertiary/aromatic N) is 1. The van der Waals surface area contributed by atoms with Gasteiger partial charge < -0.3 is 14.7 Å². The molecule has 3 nitrogen and oxygen atoms in total. The van der Waals surface area contributed by atoms with E-state index in [1.54, 1.807) is 19.2 Å². The molecule has 0 saturated heterocycles. The third kappa shape index (κ3) is 5.84. The normalized spacial score (nSPS) is 10.4. The maximum absolute atomic E-state index is 13.8. The number of benzene rings is 1. The molecule has 19 heavy (non-hydrogen) atoms. The van der Waals surface area contributed by atoms with Crippen LogP contribution >= 0.6 is 0 Å². The van der Waals surface area contributed by atoms with Gasteiger partial charge in [-0.15, -0.1) is 0 Å². The summed E-state index contributed by atoms with van der Waals surface area (Å²) < 4.78 is 18.8. The smallest absolute Gasteiger partial charge is 0.128 e. The number of aliphatic hydroxyl groups excluding tert-OH is 1. The second kappa shape index (κ2) is 8.65. The van der Waals surface area contributed by atoms with Crippen LogP contribution in [0.1, 0.15) is 17.5 Å². The summed E-state index contributed by atoms with van der Waals surface area (Å²) in [5, 5.41) is 8.59. The van der Waals surface area contributed by atoms with E-state index in [-0.39, 0.29) is 12.4 Å². The first-order valence-electron chi connectivity index (χ1n) is 6.23. The van der Waals surface area contributed by atoms with Crippen molar-refractivity contribution in [3.8, 4) is 11.8 Å². The molecule has 104 valence electrons. The Morgan fingerprint density at radius 3 is 2.84 bits per heavy atom. The van der Waals surface area contributed by atoms with Crippen molar-refractivity contribution in [3.05, 3.63) is 35.1 Å². The van der Waals surface area contributed by atoms with Crippen molar-refractivity contribution >= 4 is 0 Å². The Kier molecular flexibility index (Phi) is 7.12. The van der Waals surface area contributed by atoms with Gasteiger partial charge in [0.1, 0.15) is 12.4 Å². The summed E-state index contributed by atoms with van der Waals surface area (Å²) in [6, 6.07) is 4.91. The minimum Gasteiger partial charge on any atom is -0.385 e. The fourth-order valence-electron chi connectivity index (χ4n) is 1.74. The molecule has 0 aromatic heterocycles. The zero-order valence-corrected chi connectivity index (χ0v) is 11.4. The molecule has 1 rings (SSSR count). The Balaban J connectivity index is 2.59. The molecule has 0 atom stereocenters. The van der Waals surface area contributed by atoms with Crippen molar-refractivity contribution in [2.75, 3.05) is 33.9 Å². The Labute approximate surface area is 114 Å². The van der Waals surface area contributed by atoms with Crippen LogP contribution in [0.2, 0.25) is 0 Å². The molecule has 0 spiro atoms. The van der Waals surface area contributed by atoms with Gasteiger partial charge in [-0.1, -0.05) is 17.9 Å². The predicted octanol–water partition coefficient (Wildman–Crippen LogP) is 1.64. The predicted molar refractivity (Wildman–Crippen MR) is 73.2 cm³/mol. The number of hydrogen-bond acceptors (Lipinski definition) is 3. The van der Waals surface area contributed by atoms with Gasteiger partial charge in [-0.2, -0.15) is 0 Å². The molecule has 0 fully saturated rings. The summed E-state index contributed by atoms with van der Waals surface area (Å²) >= 11 is 0. The molecule has 0 unspecified atom stereocenters. The molecule has 0 aliphatic heterocycles. The van der Waals surface area contributed by atoms with Gasteiger partial charge >= 0.3 is 0 Å². The van der Waals surface area contributed by atoms with Crippen LogP contribution in [-0.2, 0) is 11.3 Å². The summed E-state index contributed by atoms with van der Waals surface area (Å²) in [5.41, 5.74) is 1.23. The van der Waals surface area contributed by atoms with E-state index in [0.29, 0.717) is 24.3 Å². The lowest BCUT2D eigenvalue weighted by atomic mass is 10.1. The van der Waals surface area contributed by atoms with E-state index < -0.39 is 0 Å². The molecular weight excluding hydrogens is 245 g/mol. The summed E-state index contributed by atoms with van der Waals surface area (Å²) in [6.45, 7) is 1.91. The van der Waals surface area contributed by atoms with Crippen molar-refractivity contribution in [3.63, 3.8) is 0 Å². The molecule has 1 aromatic rings. The van der Waals surface area contributed by atoms with Crippen LogP contribution in [-0.4, -0.2) is 43.9 Å². The largest absolute Gasteiger partial charge is 0.385 e. The average molecular weight is 265 g/mol. The summed E-state index contributed by atoms with van der Waals surface area (Å²) in [7, 11) is 3.63. The van der Waals surface area contributed by atoms with E-state index in [1.807, 2.05) is 7.05 Å². The average Bonchev–Trinajstić information content (AvgIpc) is 2.39. The van der Waals surface area contributed by atoms with Crippen LogP contribution in [0.15, 0.2) is 18.2 Å². The lowest BCUT2D eigenvalue weighted by molar-refractivity contribution is 0.178. The van der Waals surface area contributed by atoms with Gasteiger partial charge in [-0.25, -0.2) is 4.39 Å². The fraction of sp³-hybridized carbons (Fsp3) is 0.467. The van der Waals surface area contributed by atoms with Gasteiger partial charge in [-0.3, -0.25) is 0 Å². The highest BCUT2D eigenvalue weighted by Crippen LogP contribution is 2.12. The number of aliphatic hydroxyl groups is 1. The van der Waals surface area contributed by atoms with Crippen LogP contribution in [0.5, 0.6) is 0 Å². The number of ether oxygens (including phenoxy) is 1. The highest BCUT2D eigenvalue weighted by molar-refractivity contribution is 5.37. The minimum absolute atomic E-state index is 0.217. The van der Waals surface area contributed by atoms with Crippen molar-refractivity contribution in [1.29, 1.82) is 0 Å². The number of methoxy groups -OCH3 is 1. The zero-order chi connectivity index (χ0) is 14.1. The molecule has 0 radical (unpaired) electrons. The van der Waals surface area contributed by atoms with Crippen molar-refractivity contribution in [1.82, 2.24) is 4.90 Å². The van der Waals surface area contributed by atoms with Crippen LogP contribution in [0, 0.1) is 17.7 Å². The summed E-state index contributed by atoms with van der Waals surface area (Å²) in [5.74, 6) is 4.93. The first kappa shape index (κ1) is 15.6. The van der Waals surface area contributed by atoms with Crippen LogP contribution in [0.4, 0.5) is 4.39 Å². The van der Waals surface area contributed by atoms with Gasteiger partial charge in [-0.05, 0) is 25.6 Å². The molecule has 1 N–H and O–H groups in total. The quantitative estimate of drug-likeness (QED) is 0.627. The second-order valence-electron chi connectivity index (χ2n) is 4.35. The Bertz CT molecular complexity index is 451. The maximum Gasteiger partial charge on any atom is 0.128 e. The van der Waals surface area contributed by atoms with Gasteiger partial charge in [0, 0.05) is 37.9 Å². The number of hydrogen-bond donors (Lipinski definition) is 1. The molecule has 4 heteroatoms. The van der Waals surface area contributed by atoms with E-state index in [4.69, 9.17) is 9.84 Å². The molecule has 0 heterocycles. The van der Waals surface area contributed by atoms with E-state index in [1.165, 1.54) is 6.07 Å². The minimum atomic E-state index is -0.261. The van der Waals surface area contributed by atoms with Crippen molar-refractivity contribution < 1.29 is 14.2 Å². The molecule has 0 bridgehead atoms. The number of halogens is 1. The van der Waals surface area contributed by atoms with Crippen molar-refractivity contribution in [2.24, 2.45) is 0 Å². The van der Waals surface area contributed by atoms with E-state index in [9.17, 15) is 4.39 Å². The standard InChI is InChI=1S/C15H20FNO2/c1-17(8-4-10-19-2)12-14-7-6-13(5-3-9-18)11-15(14)16/h6-7,11,18H,4,8-10,12H2,1-2H3. The first-order chi connectivity index (χ1) is 9.17. The monoisotopic (exact) mass is 265 g/mol. The highest BCUT2D eigenvalue weighted by Gasteiger charge is 2.06. The van der Waals surface area contributed by atoms with Gasteiger partial charge in [0.15, 0.2) is 0 Å². The fourth-order valence-corrected chi connectivity index (χ4v) is 1.74. The van der Waals surface area contributed by atoms with Crippen LogP contribution in [0.25, 0.3) is 0 Å². The molecule has 0 aliphatic rings. The van der Waals surface area contributed by atoms with E-state index >= 15 is 0 Å². The van der Waals surface area contributed by atoms with Gasteiger partial charge in [0.2, 0.25) is 0 Å². The van der Waals surface area contributed by atoms with Gasteiger partial charge in [0.05, 0.1) is 0 Å².